The number of H-pyrrole nitrogens is 1. The lowest BCUT2D eigenvalue weighted by molar-refractivity contribution is 0.0781. The van der Waals surface area contributed by atoms with Crippen LogP contribution in [-0.2, 0) is 12.0 Å². The predicted molar refractivity (Wildman–Crippen MR) is 134 cm³/mol. The van der Waals surface area contributed by atoms with Gasteiger partial charge in [-0.1, -0.05) is 48.5 Å². The molecule has 0 atom stereocenters. The van der Waals surface area contributed by atoms with Gasteiger partial charge < -0.3 is 15.6 Å². The molecule has 0 bridgehead atoms. The third-order valence-electron chi connectivity index (χ3n) is 7.01. The molecule has 1 aliphatic rings. The van der Waals surface area contributed by atoms with Gasteiger partial charge in [0.25, 0.3) is 0 Å². The van der Waals surface area contributed by atoms with Crippen molar-refractivity contribution in [2.45, 2.75) is 37.6 Å². The summed E-state index contributed by atoms with van der Waals surface area (Å²) in [5.41, 5.74) is 4.13. The fourth-order valence-electron chi connectivity index (χ4n) is 5.05. The lowest BCUT2D eigenvalue weighted by atomic mass is 9.72. The molecule has 0 radical (unpaired) electrons. The minimum Gasteiger partial charge on any atom is -0.362 e. The zero-order valence-corrected chi connectivity index (χ0v) is 19.5. The molecule has 1 heterocycles. The second-order valence-electron chi connectivity index (χ2n) is 8.98. The van der Waals surface area contributed by atoms with Gasteiger partial charge in [0.1, 0.15) is 0 Å². The normalized spacial score (nSPS) is 21.3. The minimum absolute atomic E-state index is 0.163. The smallest absolute Gasteiger partial charge is 0.166 e. The molecular formula is C26H34N4S. The number of thiocarbonyl (C=S) groups is 1. The van der Waals surface area contributed by atoms with Gasteiger partial charge in [-0.3, -0.25) is 4.90 Å². The van der Waals surface area contributed by atoms with Crippen LogP contribution >= 0.6 is 12.2 Å². The molecule has 3 aromatic rings. The van der Waals surface area contributed by atoms with E-state index in [2.05, 4.69) is 95.4 Å². The van der Waals surface area contributed by atoms with Crippen LogP contribution in [0.15, 0.2) is 60.8 Å². The summed E-state index contributed by atoms with van der Waals surface area (Å²) >= 11 is 5.54. The first-order valence-corrected chi connectivity index (χ1v) is 11.8. The maximum Gasteiger partial charge on any atom is 0.166 e. The Morgan fingerprint density at radius 1 is 1.03 bits per heavy atom. The summed E-state index contributed by atoms with van der Waals surface area (Å²) < 4.78 is 0. The van der Waals surface area contributed by atoms with E-state index in [9.17, 15) is 0 Å². The molecule has 0 spiro atoms. The highest BCUT2D eigenvalue weighted by atomic mass is 32.1. The second-order valence-corrected chi connectivity index (χ2v) is 9.39. The standard InChI is InChI=1S/C26H34N4S/c1-30(2)26(22-8-4-3-5-9-22)15-12-20(13-16-26)18-29-25(31)27-17-14-21-19-28-24-11-7-6-10-23(21)24/h3-11,19-20,28H,12-18H2,1-2H3,(H2,27,29,31). The van der Waals surface area contributed by atoms with Gasteiger partial charge in [-0.2, -0.15) is 0 Å². The molecule has 1 saturated carbocycles. The van der Waals surface area contributed by atoms with Crippen LogP contribution in [0, 0.1) is 5.92 Å². The summed E-state index contributed by atoms with van der Waals surface area (Å²) in [5.74, 6) is 0.671. The van der Waals surface area contributed by atoms with Crippen molar-refractivity contribution in [1.29, 1.82) is 0 Å². The topological polar surface area (TPSA) is 43.1 Å². The van der Waals surface area contributed by atoms with Gasteiger partial charge in [-0.25, -0.2) is 0 Å². The highest BCUT2D eigenvalue weighted by Gasteiger charge is 2.38. The Kier molecular flexibility index (Phi) is 6.93. The summed E-state index contributed by atoms with van der Waals surface area (Å²) in [6.45, 7) is 1.80. The summed E-state index contributed by atoms with van der Waals surface area (Å²) in [6.07, 6.45) is 7.89. The van der Waals surface area contributed by atoms with E-state index in [1.165, 1.54) is 47.7 Å². The lowest BCUT2D eigenvalue weighted by Gasteiger charge is -2.45. The Hall–Kier alpha value is -2.37. The van der Waals surface area contributed by atoms with E-state index in [-0.39, 0.29) is 5.54 Å². The van der Waals surface area contributed by atoms with Crippen molar-refractivity contribution in [3.8, 4) is 0 Å². The van der Waals surface area contributed by atoms with Crippen molar-refractivity contribution < 1.29 is 0 Å². The van der Waals surface area contributed by atoms with Gasteiger partial charge in [0, 0.05) is 35.7 Å². The van der Waals surface area contributed by atoms with Crippen LogP contribution in [0.1, 0.15) is 36.8 Å². The van der Waals surface area contributed by atoms with E-state index in [0.717, 1.165) is 24.6 Å². The largest absolute Gasteiger partial charge is 0.362 e. The molecule has 5 heteroatoms. The number of nitrogens with one attached hydrogen (secondary N) is 3. The Labute approximate surface area is 191 Å². The molecule has 4 nitrogen and oxygen atoms in total. The van der Waals surface area contributed by atoms with E-state index in [0.29, 0.717) is 5.92 Å². The molecule has 3 N–H and O–H groups in total. The lowest BCUT2D eigenvalue weighted by Crippen LogP contribution is -2.46. The zero-order chi connectivity index (χ0) is 21.7. The molecule has 1 fully saturated rings. The molecule has 31 heavy (non-hydrogen) atoms. The summed E-state index contributed by atoms with van der Waals surface area (Å²) in [4.78, 5) is 5.76. The molecule has 1 aromatic heterocycles. The first-order chi connectivity index (χ1) is 15.1. The Balaban J connectivity index is 1.22. The average Bonchev–Trinajstić information content (AvgIpc) is 3.22. The number of benzene rings is 2. The van der Waals surface area contributed by atoms with E-state index < -0.39 is 0 Å². The highest BCUT2D eigenvalue weighted by Crippen LogP contribution is 2.42. The molecule has 1 aliphatic carbocycles. The SMILES string of the molecule is CN(C)C1(c2ccccc2)CCC(CNC(=S)NCCc2c[nH]c3ccccc23)CC1. The Morgan fingerprint density at radius 2 is 1.74 bits per heavy atom. The number of fused-ring (bicyclic) bond motifs is 1. The molecular weight excluding hydrogens is 400 g/mol. The first-order valence-electron chi connectivity index (χ1n) is 11.4. The van der Waals surface area contributed by atoms with Gasteiger partial charge in [-0.15, -0.1) is 0 Å². The van der Waals surface area contributed by atoms with Gasteiger partial charge in [-0.05, 0) is 81.5 Å². The number of aromatic amines is 1. The molecule has 164 valence electrons. The van der Waals surface area contributed by atoms with Crippen LogP contribution in [0.5, 0.6) is 0 Å². The molecule has 0 amide bonds. The van der Waals surface area contributed by atoms with Crippen LogP contribution in [0.25, 0.3) is 10.9 Å². The van der Waals surface area contributed by atoms with Crippen LogP contribution < -0.4 is 10.6 Å². The van der Waals surface area contributed by atoms with E-state index >= 15 is 0 Å². The maximum absolute atomic E-state index is 5.54. The second kappa shape index (κ2) is 9.84. The van der Waals surface area contributed by atoms with Crippen molar-refractivity contribution in [3.05, 3.63) is 71.9 Å². The third-order valence-corrected chi connectivity index (χ3v) is 7.29. The Bertz CT molecular complexity index is 987. The van der Waals surface area contributed by atoms with Crippen LogP contribution in [0.2, 0.25) is 0 Å². The van der Waals surface area contributed by atoms with Gasteiger partial charge in [0.05, 0.1) is 0 Å². The number of hydrogen-bond acceptors (Lipinski definition) is 2. The maximum atomic E-state index is 5.54. The Morgan fingerprint density at radius 3 is 2.48 bits per heavy atom. The first kappa shape index (κ1) is 21.8. The molecule has 4 rings (SSSR count). The summed E-state index contributed by atoms with van der Waals surface area (Å²) in [7, 11) is 4.44. The number of rotatable bonds is 7. The highest BCUT2D eigenvalue weighted by molar-refractivity contribution is 7.80. The summed E-state index contributed by atoms with van der Waals surface area (Å²) in [5, 5.41) is 8.92. The van der Waals surface area contributed by atoms with Crippen molar-refractivity contribution in [3.63, 3.8) is 0 Å². The summed E-state index contributed by atoms with van der Waals surface area (Å²) in [6, 6.07) is 19.4. The van der Waals surface area contributed by atoms with Crippen molar-refractivity contribution in [2.24, 2.45) is 5.92 Å². The van der Waals surface area contributed by atoms with Gasteiger partial charge in [0.15, 0.2) is 5.11 Å². The third kappa shape index (κ3) is 4.94. The number of para-hydroxylation sites is 1. The van der Waals surface area contributed by atoms with E-state index in [4.69, 9.17) is 12.2 Å². The monoisotopic (exact) mass is 434 g/mol. The zero-order valence-electron chi connectivity index (χ0n) is 18.7. The fraction of sp³-hybridized carbons (Fsp3) is 0.423. The predicted octanol–water partition coefficient (Wildman–Crippen LogP) is 4.82. The van der Waals surface area contributed by atoms with Gasteiger partial charge >= 0.3 is 0 Å². The van der Waals surface area contributed by atoms with Crippen molar-refractivity contribution in [2.75, 3.05) is 27.2 Å². The number of nitrogens with zero attached hydrogens (tertiary/aromatic N) is 1. The van der Waals surface area contributed by atoms with Gasteiger partial charge in [0.2, 0.25) is 0 Å². The number of hydrogen-bond donors (Lipinski definition) is 3. The average molecular weight is 435 g/mol. The van der Waals surface area contributed by atoms with E-state index in [1.807, 2.05) is 0 Å². The molecule has 0 saturated heterocycles. The molecule has 0 aliphatic heterocycles. The fourth-order valence-corrected chi connectivity index (χ4v) is 5.24. The number of aromatic nitrogens is 1. The quantitative estimate of drug-likeness (QED) is 0.467. The van der Waals surface area contributed by atoms with Crippen molar-refractivity contribution in [1.82, 2.24) is 20.5 Å². The van der Waals surface area contributed by atoms with Crippen LogP contribution in [-0.4, -0.2) is 42.2 Å². The molecule has 0 unspecified atom stereocenters. The van der Waals surface area contributed by atoms with Crippen LogP contribution in [0.4, 0.5) is 0 Å². The van der Waals surface area contributed by atoms with Crippen molar-refractivity contribution >= 4 is 28.2 Å². The minimum atomic E-state index is 0.163. The molecule has 2 aromatic carbocycles. The van der Waals surface area contributed by atoms with E-state index in [1.54, 1.807) is 0 Å². The van der Waals surface area contributed by atoms with Crippen LogP contribution in [0.3, 0.4) is 0 Å².